The highest BCUT2D eigenvalue weighted by Gasteiger charge is 2.33. The summed E-state index contributed by atoms with van der Waals surface area (Å²) in [5.41, 5.74) is 4.82. The average molecular weight is 489 g/mol. The molecule has 1 amide bonds. The van der Waals surface area contributed by atoms with Crippen LogP contribution >= 0.6 is 0 Å². The quantitative estimate of drug-likeness (QED) is 0.549. The topological polar surface area (TPSA) is 94.4 Å². The molecule has 1 atom stereocenters. The summed E-state index contributed by atoms with van der Waals surface area (Å²) in [6.07, 6.45) is 13.5. The predicted molar refractivity (Wildman–Crippen MR) is 136 cm³/mol. The monoisotopic (exact) mass is 488 g/mol. The van der Waals surface area contributed by atoms with E-state index < -0.39 is 0 Å². The van der Waals surface area contributed by atoms with E-state index in [1.807, 2.05) is 37.6 Å². The Kier molecular flexibility index (Phi) is 6.08. The maximum atomic E-state index is 12.7. The number of rotatable bonds is 5. The van der Waals surface area contributed by atoms with Crippen molar-refractivity contribution >= 4 is 11.8 Å². The van der Waals surface area contributed by atoms with Crippen molar-refractivity contribution in [2.45, 2.75) is 63.5 Å². The minimum absolute atomic E-state index is 0.0281. The van der Waals surface area contributed by atoms with Gasteiger partial charge in [-0.25, -0.2) is 14.8 Å². The zero-order valence-electron chi connectivity index (χ0n) is 20.8. The molecule has 36 heavy (non-hydrogen) atoms. The van der Waals surface area contributed by atoms with Crippen molar-refractivity contribution in [3.63, 3.8) is 0 Å². The number of carbonyl (C=O) groups excluding carboxylic acids is 1. The van der Waals surface area contributed by atoms with Crippen molar-refractivity contribution in [2.75, 3.05) is 25.1 Å². The van der Waals surface area contributed by atoms with E-state index in [2.05, 4.69) is 26.2 Å². The van der Waals surface area contributed by atoms with Crippen LogP contribution in [-0.4, -0.2) is 52.1 Å². The van der Waals surface area contributed by atoms with Gasteiger partial charge >= 0.3 is 12.1 Å². The summed E-state index contributed by atoms with van der Waals surface area (Å²) in [7, 11) is 1.42. The number of fused-ring (bicyclic) bond motifs is 1. The van der Waals surface area contributed by atoms with Gasteiger partial charge in [-0.2, -0.15) is 5.10 Å². The van der Waals surface area contributed by atoms with Gasteiger partial charge in [0.05, 0.1) is 25.0 Å². The normalized spacial score (nSPS) is 20.2. The summed E-state index contributed by atoms with van der Waals surface area (Å²) in [6.45, 7) is 4.04. The SMILES string of the molecule is COC(=O)N1c2ccc(-c3cnn(C4CCNCC4)c3)c(Oc3ncc(C4CC4)cn3)c2CCC1C. The smallest absolute Gasteiger partial charge is 0.414 e. The molecule has 3 aliphatic rings. The van der Waals surface area contributed by atoms with Gasteiger partial charge in [0.1, 0.15) is 5.75 Å². The van der Waals surface area contributed by atoms with Crippen LogP contribution < -0.4 is 15.0 Å². The van der Waals surface area contributed by atoms with Crippen molar-refractivity contribution in [3.8, 4) is 22.9 Å². The number of nitrogens with one attached hydrogen (secondary N) is 1. The molecule has 188 valence electrons. The molecule has 2 fully saturated rings. The van der Waals surface area contributed by atoms with Gasteiger partial charge in [-0.05, 0) is 82.2 Å². The molecule has 6 rings (SSSR count). The van der Waals surface area contributed by atoms with Crippen LogP contribution in [0.5, 0.6) is 11.8 Å². The first kappa shape index (κ1) is 23.0. The number of hydrogen-bond acceptors (Lipinski definition) is 7. The summed E-state index contributed by atoms with van der Waals surface area (Å²) in [4.78, 5) is 23.4. The number of methoxy groups -OCH3 is 1. The van der Waals surface area contributed by atoms with Gasteiger partial charge in [0.25, 0.3) is 0 Å². The minimum atomic E-state index is -0.370. The van der Waals surface area contributed by atoms with Crippen LogP contribution in [0.1, 0.15) is 62.1 Å². The van der Waals surface area contributed by atoms with Crippen LogP contribution in [0.4, 0.5) is 10.5 Å². The molecule has 2 aromatic heterocycles. The number of amides is 1. The molecule has 1 aliphatic carbocycles. The minimum Gasteiger partial charge on any atom is -0.452 e. The van der Waals surface area contributed by atoms with Gasteiger partial charge in [0, 0.05) is 41.3 Å². The second-order valence-electron chi connectivity index (χ2n) is 10.0. The second kappa shape index (κ2) is 9.54. The first-order valence-electron chi connectivity index (χ1n) is 12.9. The molecule has 0 radical (unpaired) electrons. The zero-order chi connectivity index (χ0) is 24.6. The molecule has 3 aromatic rings. The summed E-state index contributed by atoms with van der Waals surface area (Å²) in [5.74, 6) is 1.26. The molecule has 1 unspecified atom stereocenters. The first-order valence-corrected chi connectivity index (χ1v) is 12.9. The van der Waals surface area contributed by atoms with Crippen molar-refractivity contribution in [1.29, 1.82) is 0 Å². The van der Waals surface area contributed by atoms with E-state index in [1.165, 1.54) is 20.0 Å². The Hall–Kier alpha value is -3.46. The fraction of sp³-hybridized carbons (Fsp3) is 0.481. The van der Waals surface area contributed by atoms with Crippen LogP contribution in [0.3, 0.4) is 0 Å². The van der Waals surface area contributed by atoms with E-state index in [1.54, 1.807) is 4.90 Å². The van der Waals surface area contributed by atoms with E-state index in [0.29, 0.717) is 23.7 Å². The number of hydrogen-bond donors (Lipinski definition) is 1. The number of carbonyl (C=O) groups is 1. The molecule has 2 aliphatic heterocycles. The van der Waals surface area contributed by atoms with Gasteiger partial charge in [0.15, 0.2) is 0 Å². The number of nitrogens with zero attached hydrogens (tertiary/aromatic N) is 5. The Labute approximate surface area is 210 Å². The van der Waals surface area contributed by atoms with E-state index >= 15 is 0 Å². The Morgan fingerprint density at radius 3 is 2.56 bits per heavy atom. The van der Waals surface area contributed by atoms with Crippen molar-refractivity contribution in [1.82, 2.24) is 25.1 Å². The Morgan fingerprint density at radius 2 is 1.83 bits per heavy atom. The van der Waals surface area contributed by atoms with Gasteiger partial charge in [-0.15, -0.1) is 0 Å². The molecule has 1 saturated heterocycles. The highest BCUT2D eigenvalue weighted by atomic mass is 16.5. The molecular weight excluding hydrogens is 456 g/mol. The predicted octanol–water partition coefficient (Wildman–Crippen LogP) is 4.84. The van der Waals surface area contributed by atoms with Crippen LogP contribution in [0.15, 0.2) is 36.9 Å². The summed E-state index contributed by atoms with van der Waals surface area (Å²) < 4.78 is 13.6. The molecule has 0 spiro atoms. The zero-order valence-corrected chi connectivity index (χ0v) is 20.8. The molecule has 1 saturated carbocycles. The lowest BCUT2D eigenvalue weighted by atomic mass is 9.92. The van der Waals surface area contributed by atoms with E-state index in [4.69, 9.17) is 14.6 Å². The van der Waals surface area contributed by atoms with Crippen LogP contribution in [0.25, 0.3) is 11.1 Å². The lowest BCUT2D eigenvalue weighted by Gasteiger charge is -2.35. The fourth-order valence-corrected chi connectivity index (χ4v) is 5.37. The Bertz CT molecular complexity index is 1250. The molecule has 9 heteroatoms. The highest BCUT2D eigenvalue weighted by Crippen LogP contribution is 2.45. The lowest BCUT2D eigenvalue weighted by molar-refractivity contribution is 0.175. The van der Waals surface area contributed by atoms with Crippen molar-refractivity contribution in [3.05, 3.63) is 48.0 Å². The first-order chi connectivity index (χ1) is 17.6. The van der Waals surface area contributed by atoms with E-state index in [-0.39, 0.29) is 12.1 Å². The van der Waals surface area contributed by atoms with Gasteiger partial charge in [0.2, 0.25) is 0 Å². The standard InChI is InChI=1S/C27H32N6O3/c1-17-3-6-23-24(33(17)27(34)35-2)8-7-22(20-15-31-32(16-20)21-9-11-28-12-10-21)25(23)36-26-29-13-19(14-30-26)18-4-5-18/h7-8,13-18,21,28H,3-6,9-12H2,1-2H3. The maximum absolute atomic E-state index is 12.7. The van der Waals surface area contributed by atoms with Crippen molar-refractivity contribution < 1.29 is 14.3 Å². The maximum Gasteiger partial charge on any atom is 0.414 e. The third kappa shape index (κ3) is 4.32. The van der Waals surface area contributed by atoms with Gasteiger partial charge < -0.3 is 14.8 Å². The summed E-state index contributed by atoms with van der Waals surface area (Å²) in [6, 6.07) is 4.72. The summed E-state index contributed by atoms with van der Waals surface area (Å²) in [5, 5.41) is 8.11. The molecule has 4 heterocycles. The van der Waals surface area contributed by atoms with Gasteiger partial charge in [-0.3, -0.25) is 9.58 Å². The molecule has 0 bridgehead atoms. The van der Waals surface area contributed by atoms with Crippen LogP contribution in [-0.2, 0) is 11.2 Å². The van der Waals surface area contributed by atoms with Gasteiger partial charge in [-0.1, -0.05) is 0 Å². The Balaban J connectivity index is 1.41. The number of ether oxygens (including phenoxy) is 2. The molecule has 1 N–H and O–H groups in total. The van der Waals surface area contributed by atoms with Crippen LogP contribution in [0.2, 0.25) is 0 Å². The molecular formula is C27H32N6O3. The third-order valence-corrected chi connectivity index (χ3v) is 7.61. The molecule has 9 nitrogen and oxygen atoms in total. The highest BCUT2D eigenvalue weighted by molar-refractivity contribution is 5.92. The fourth-order valence-electron chi connectivity index (χ4n) is 5.37. The molecule has 1 aromatic carbocycles. The lowest BCUT2D eigenvalue weighted by Crippen LogP contribution is -2.42. The number of piperidine rings is 1. The van der Waals surface area contributed by atoms with E-state index in [9.17, 15) is 4.79 Å². The number of aromatic nitrogens is 4. The van der Waals surface area contributed by atoms with Crippen LogP contribution in [0, 0.1) is 0 Å². The third-order valence-electron chi connectivity index (χ3n) is 7.61. The largest absolute Gasteiger partial charge is 0.452 e. The average Bonchev–Trinajstić information content (AvgIpc) is 3.65. The van der Waals surface area contributed by atoms with E-state index in [0.717, 1.165) is 66.7 Å². The number of benzene rings is 1. The van der Waals surface area contributed by atoms with Crippen molar-refractivity contribution in [2.24, 2.45) is 0 Å². The summed E-state index contributed by atoms with van der Waals surface area (Å²) >= 11 is 0. The Morgan fingerprint density at radius 1 is 1.06 bits per heavy atom. The number of anilines is 1. The second-order valence-corrected chi connectivity index (χ2v) is 10.0.